The standard InChI is InChI=1S/C19H34N4O3.2ClH/c1-14-9-15(2)12-23(11-14)18(24)13-21-5-7-22(8-6-21)19(25)17-4-3-16(10-20)26-17;;/h14-17H,3-13,20H2,1-2H3;2*1H/t14?,15?,16-,17+;;/m1../s1. The topological polar surface area (TPSA) is 79.1 Å². The lowest BCUT2D eigenvalue weighted by Gasteiger charge is -2.38. The number of halogens is 2. The molecular weight excluding hydrogens is 403 g/mol. The van der Waals surface area contributed by atoms with E-state index in [-0.39, 0.29) is 48.8 Å². The molecular formula is C19H36Cl2N4O3. The van der Waals surface area contributed by atoms with Gasteiger partial charge < -0.3 is 20.3 Å². The number of amides is 2. The number of rotatable bonds is 4. The van der Waals surface area contributed by atoms with E-state index in [1.54, 1.807) is 0 Å². The molecule has 3 aliphatic rings. The molecule has 0 aromatic rings. The maximum absolute atomic E-state index is 12.6. The highest BCUT2D eigenvalue weighted by Gasteiger charge is 2.34. The zero-order valence-electron chi connectivity index (χ0n) is 17.0. The van der Waals surface area contributed by atoms with Crippen LogP contribution < -0.4 is 5.73 Å². The Balaban J connectivity index is 0.00000196. The Morgan fingerprint density at radius 2 is 1.57 bits per heavy atom. The van der Waals surface area contributed by atoms with Crippen molar-refractivity contribution in [3.05, 3.63) is 0 Å². The van der Waals surface area contributed by atoms with Crippen LogP contribution in [-0.4, -0.2) is 91.1 Å². The van der Waals surface area contributed by atoms with E-state index in [1.165, 1.54) is 6.42 Å². The third-order valence-corrected chi connectivity index (χ3v) is 5.91. The Labute approximate surface area is 181 Å². The Kier molecular flexibility index (Phi) is 10.5. The van der Waals surface area contributed by atoms with E-state index in [0.29, 0.717) is 38.0 Å². The lowest BCUT2D eigenvalue weighted by molar-refractivity contribution is -0.145. The second kappa shape index (κ2) is 11.6. The largest absolute Gasteiger partial charge is 0.364 e. The second-order valence-corrected chi connectivity index (χ2v) is 8.41. The van der Waals surface area contributed by atoms with Crippen LogP contribution in [0.2, 0.25) is 0 Å². The van der Waals surface area contributed by atoms with Gasteiger partial charge in [0.15, 0.2) is 0 Å². The highest BCUT2D eigenvalue weighted by atomic mass is 35.5. The molecule has 2 N–H and O–H groups in total. The first-order chi connectivity index (χ1) is 12.5. The van der Waals surface area contributed by atoms with E-state index < -0.39 is 0 Å². The van der Waals surface area contributed by atoms with E-state index in [1.807, 2.05) is 9.80 Å². The average Bonchev–Trinajstić information content (AvgIpc) is 3.10. The lowest BCUT2D eigenvalue weighted by atomic mass is 9.92. The number of nitrogens with two attached hydrogens (primary N) is 1. The van der Waals surface area contributed by atoms with Gasteiger partial charge in [-0.1, -0.05) is 13.8 Å². The molecule has 3 heterocycles. The normalized spacial score (nSPS) is 31.1. The summed E-state index contributed by atoms with van der Waals surface area (Å²) in [7, 11) is 0. The van der Waals surface area contributed by atoms with Crippen molar-refractivity contribution >= 4 is 36.6 Å². The third kappa shape index (κ3) is 6.46. The molecule has 2 unspecified atom stereocenters. The zero-order chi connectivity index (χ0) is 18.7. The van der Waals surface area contributed by atoms with E-state index in [0.717, 1.165) is 39.0 Å². The monoisotopic (exact) mass is 438 g/mol. The number of likely N-dealkylation sites (tertiary alicyclic amines) is 1. The maximum atomic E-state index is 12.6. The van der Waals surface area contributed by atoms with Gasteiger partial charge >= 0.3 is 0 Å². The van der Waals surface area contributed by atoms with Crippen LogP contribution in [0.4, 0.5) is 0 Å². The fourth-order valence-electron chi connectivity index (χ4n) is 4.55. The van der Waals surface area contributed by atoms with Gasteiger partial charge in [0.25, 0.3) is 5.91 Å². The molecule has 0 aliphatic carbocycles. The van der Waals surface area contributed by atoms with Crippen LogP contribution in [0.25, 0.3) is 0 Å². The quantitative estimate of drug-likeness (QED) is 0.707. The zero-order valence-corrected chi connectivity index (χ0v) is 18.7. The first kappa shape index (κ1) is 25.4. The van der Waals surface area contributed by atoms with Crippen LogP contribution in [0.15, 0.2) is 0 Å². The fraction of sp³-hybridized carbons (Fsp3) is 0.895. The van der Waals surface area contributed by atoms with Gasteiger partial charge in [0.2, 0.25) is 5.91 Å². The molecule has 0 aromatic heterocycles. The predicted octanol–water partition coefficient (Wildman–Crippen LogP) is 0.985. The molecule has 164 valence electrons. The minimum atomic E-state index is -0.326. The number of hydrogen-bond donors (Lipinski definition) is 1. The van der Waals surface area contributed by atoms with Crippen LogP contribution >= 0.6 is 24.8 Å². The van der Waals surface area contributed by atoms with Gasteiger partial charge in [-0.05, 0) is 31.1 Å². The summed E-state index contributed by atoms with van der Waals surface area (Å²) in [6.07, 6.45) is 2.54. The molecule has 0 aromatic carbocycles. The Morgan fingerprint density at radius 3 is 2.11 bits per heavy atom. The van der Waals surface area contributed by atoms with Crippen LogP contribution in [0, 0.1) is 11.8 Å². The molecule has 0 spiro atoms. The maximum Gasteiger partial charge on any atom is 0.251 e. The second-order valence-electron chi connectivity index (χ2n) is 8.41. The Hall–Kier alpha value is -0.600. The molecule has 2 amide bonds. The number of piperidine rings is 1. The number of hydrogen-bond acceptors (Lipinski definition) is 5. The van der Waals surface area contributed by atoms with Crippen LogP contribution in [-0.2, 0) is 14.3 Å². The molecule has 0 radical (unpaired) electrons. The summed E-state index contributed by atoms with van der Waals surface area (Å²) in [5.74, 6) is 1.49. The van der Waals surface area contributed by atoms with Gasteiger partial charge in [-0.25, -0.2) is 0 Å². The van der Waals surface area contributed by atoms with Crippen molar-refractivity contribution in [2.24, 2.45) is 17.6 Å². The highest BCUT2D eigenvalue weighted by Crippen LogP contribution is 2.22. The Bertz CT molecular complexity index is 507. The van der Waals surface area contributed by atoms with Crippen LogP contribution in [0.1, 0.15) is 33.1 Å². The van der Waals surface area contributed by atoms with E-state index >= 15 is 0 Å². The lowest BCUT2D eigenvalue weighted by Crippen LogP contribution is -2.54. The number of nitrogens with zero attached hydrogens (tertiary/aromatic N) is 3. The fourth-order valence-corrected chi connectivity index (χ4v) is 4.55. The van der Waals surface area contributed by atoms with Gasteiger partial charge in [-0.3, -0.25) is 14.5 Å². The van der Waals surface area contributed by atoms with Crippen molar-refractivity contribution in [3.8, 4) is 0 Å². The van der Waals surface area contributed by atoms with Crippen molar-refractivity contribution in [1.29, 1.82) is 0 Å². The molecule has 3 rings (SSSR count). The van der Waals surface area contributed by atoms with Crippen molar-refractivity contribution in [2.75, 3.05) is 52.4 Å². The highest BCUT2D eigenvalue weighted by molar-refractivity contribution is 5.85. The predicted molar refractivity (Wildman–Crippen MR) is 114 cm³/mol. The van der Waals surface area contributed by atoms with E-state index in [2.05, 4.69) is 18.7 Å². The van der Waals surface area contributed by atoms with Gasteiger partial charge in [0, 0.05) is 45.8 Å². The van der Waals surface area contributed by atoms with Crippen molar-refractivity contribution < 1.29 is 14.3 Å². The van der Waals surface area contributed by atoms with Crippen LogP contribution in [0.5, 0.6) is 0 Å². The van der Waals surface area contributed by atoms with Crippen LogP contribution in [0.3, 0.4) is 0 Å². The van der Waals surface area contributed by atoms with Crippen molar-refractivity contribution in [1.82, 2.24) is 14.7 Å². The van der Waals surface area contributed by atoms with Crippen molar-refractivity contribution in [3.63, 3.8) is 0 Å². The average molecular weight is 439 g/mol. The van der Waals surface area contributed by atoms with Crippen molar-refractivity contribution in [2.45, 2.75) is 45.3 Å². The molecule has 9 heteroatoms. The molecule has 3 fully saturated rings. The Morgan fingerprint density at radius 1 is 0.964 bits per heavy atom. The molecule has 3 aliphatic heterocycles. The number of carbonyl (C=O) groups excluding carboxylic acids is 2. The number of ether oxygens (including phenoxy) is 1. The third-order valence-electron chi connectivity index (χ3n) is 5.91. The van der Waals surface area contributed by atoms with Gasteiger partial charge in [0.1, 0.15) is 6.10 Å². The summed E-state index contributed by atoms with van der Waals surface area (Å²) in [6, 6.07) is 0. The summed E-state index contributed by atoms with van der Waals surface area (Å²) in [5.41, 5.74) is 5.63. The molecule has 0 saturated carbocycles. The minimum Gasteiger partial charge on any atom is -0.364 e. The van der Waals surface area contributed by atoms with Gasteiger partial charge in [0.05, 0.1) is 12.6 Å². The first-order valence-corrected chi connectivity index (χ1v) is 10.1. The molecule has 0 bridgehead atoms. The summed E-state index contributed by atoms with van der Waals surface area (Å²) >= 11 is 0. The summed E-state index contributed by atoms with van der Waals surface area (Å²) in [6.45, 7) is 10.0. The first-order valence-electron chi connectivity index (χ1n) is 10.1. The number of piperazine rings is 1. The molecule has 4 atom stereocenters. The summed E-state index contributed by atoms with van der Waals surface area (Å²) < 4.78 is 5.73. The smallest absolute Gasteiger partial charge is 0.251 e. The minimum absolute atomic E-state index is 0. The number of carbonyl (C=O) groups is 2. The van der Waals surface area contributed by atoms with E-state index in [4.69, 9.17) is 10.5 Å². The molecule has 3 saturated heterocycles. The molecule has 28 heavy (non-hydrogen) atoms. The van der Waals surface area contributed by atoms with E-state index in [9.17, 15) is 9.59 Å². The summed E-state index contributed by atoms with van der Waals surface area (Å²) in [4.78, 5) is 31.3. The SMILES string of the molecule is CC1CC(C)CN(C(=O)CN2CCN(C(=O)[C@@H]3CC[C@H](CN)O3)CC2)C1.Cl.Cl. The van der Waals surface area contributed by atoms with Gasteiger partial charge in [-0.15, -0.1) is 24.8 Å². The summed E-state index contributed by atoms with van der Waals surface area (Å²) in [5, 5.41) is 0. The molecule has 7 nitrogen and oxygen atoms in total. The van der Waals surface area contributed by atoms with Gasteiger partial charge in [-0.2, -0.15) is 0 Å².